The van der Waals surface area contributed by atoms with E-state index in [9.17, 15) is 22.7 Å². The molecule has 1 saturated heterocycles. The summed E-state index contributed by atoms with van der Waals surface area (Å²) in [5, 5.41) is 17.9. The molecule has 1 unspecified atom stereocenters. The van der Waals surface area contributed by atoms with Crippen molar-refractivity contribution in [1.29, 1.82) is 0 Å². The van der Waals surface area contributed by atoms with E-state index in [1.807, 2.05) is 0 Å². The van der Waals surface area contributed by atoms with Crippen molar-refractivity contribution in [1.82, 2.24) is 14.8 Å². The lowest BCUT2D eigenvalue weighted by Gasteiger charge is -2.19. The summed E-state index contributed by atoms with van der Waals surface area (Å²) in [6, 6.07) is 4.39. The van der Waals surface area contributed by atoms with E-state index >= 15 is 0 Å². The van der Waals surface area contributed by atoms with Crippen molar-refractivity contribution in [2.45, 2.75) is 43.6 Å². The lowest BCUT2D eigenvalue weighted by molar-refractivity contribution is -0.137. The third-order valence-electron chi connectivity index (χ3n) is 5.67. The van der Waals surface area contributed by atoms with Gasteiger partial charge >= 0.3 is 6.18 Å². The molecule has 1 aromatic carbocycles. The van der Waals surface area contributed by atoms with E-state index in [2.05, 4.69) is 15.4 Å². The molecule has 2 aromatic heterocycles. The highest BCUT2D eigenvalue weighted by molar-refractivity contribution is 7.19. The number of nitrogen functional groups attached to an aromatic ring is 1. The molecule has 0 amide bonds. The Bertz CT molecular complexity index is 1140. The molecule has 4 rings (SSSR count). The molecule has 6 N–H and O–H groups in total. The molecule has 8 nitrogen and oxygen atoms in total. The number of thiazole rings is 1. The fraction of sp³-hybridized carbons (Fsp3) is 0.429. The van der Waals surface area contributed by atoms with Gasteiger partial charge in [-0.05, 0) is 18.9 Å². The monoisotopic (exact) mass is 500 g/mol. The van der Waals surface area contributed by atoms with Crippen LogP contribution in [0, 0.1) is 0 Å². The highest BCUT2D eigenvalue weighted by atomic mass is 32.1. The zero-order valence-corrected chi connectivity index (χ0v) is 18.9. The van der Waals surface area contributed by atoms with E-state index in [0.29, 0.717) is 24.2 Å². The molecule has 0 aliphatic carbocycles. The number of aliphatic hydroxyl groups is 1. The number of nitrogens with two attached hydrogens (primary N) is 2. The van der Waals surface area contributed by atoms with Crippen molar-refractivity contribution in [3.8, 4) is 10.6 Å². The highest BCUT2D eigenvalue weighted by Crippen LogP contribution is 2.41. The number of ether oxygens (including phenoxy) is 1. The summed E-state index contributed by atoms with van der Waals surface area (Å²) >= 11 is 0.843. The maximum Gasteiger partial charge on any atom is 0.417 e. The average molecular weight is 501 g/mol. The van der Waals surface area contributed by atoms with Crippen molar-refractivity contribution >= 4 is 22.0 Å². The van der Waals surface area contributed by atoms with Gasteiger partial charge in [0.1, 0.15) is 28.0 Å². The molecule has 13 heteroatoms. The molecular weight excluding hydrogens is 476 g/mol. The van der Waals surface area contributed by atoms with Gasteiger partial charge in [-0.25, -0.2) is 9.37 Å². The van der Waals surface area contributed by atoms with Gasteiger partial charge in [-0.2, -0.15) is 18.3 Å². The first-order chi connectivity index (χ1) is 16.1. The van der Waals surface area contributed by atoms with Crippen molar-refractivity contribution in [3.63, 3.8) is 0 Å². The van der Waals surface area contributed by atoms with Crippen molar-refractivity contribution < 1.29 is 27.4 Å². The van der Waals surface area contributed by atoms with Crippen molar-refractivity contribution in [3.05, 3.63) is 47.4 Å². The van der Waals surface area contributed by atoms with Gasteiger partial charge in [0.05, 0.1) is 29.7 Å². The van der Waals surface area contributed by atoms with E-state index in [4.69, 9.17) is 16.2 Å². The molecule has 1 fully saturated rings. The van der Waals surface area contributed by atoms with Crippen LogP contribution >= 0.6 is 11.3 Å². The second-order valence-corrected chi connectivity index (χ2v) is 9.04. The summed E-state index contributed by atoms with van der Waals surface area (Å²) in [4.78, 5) is 4.19. The molecule has 184 valence electrons. The molecule has 0 radical (unpaired) electrons. The third-order valence-corrected chi connectivity index (χ3v) is 6.60. The predicted octanol–water partition coefficient (Wildman–Crippen LogP) is 3.76. The third kappa shape index (κ3) is 4.87. The second kappa shape index (κ2) is 9.49. The Balaban J connectivity index is 1.59. The standard InChI is InChI=1S/C21H24F4N6O2S/c1-31-17(15-7-6-13(26)12(22)9-33-15)14(8-28-31)29-19(32)16-18(27)34-20(30-16)10-4-2-3-5-11(10)21(23,24)25/h2-5,8,12-13,15,19,29,32H,6-7,9,26-27H2,1H3/t12-,13-,15+,19?/m1/s1. The summed E-state index contributed by atoms with van der Waals surface area (Å²) in [5.74, 6) is 0. The lowest BCUT2D eigenvalue weighted by atomic mass is 10.0. The van der Waals surface area contributed by atoms with Crippen LogP contribution in [0.15, 0.2) is 30.5 Å². The number of halogens is 4. The Morgan fingerprint density at radius 1 is 1.29 bits per heavy atom. The van der Waals surface area contributed by atoms with Crippen LogP contribution in [0.25, 0.3) is 10.6 Å². The largest absolute Gasteiger partial charge is 0.417 e. The molecule has 1 aliphatic heterocycles. The van der Waals surface area contributed by atoms with E-state index < -0.39 is 36.3 Å². The molecule has 1 aliphatic rings. The number of nitrogens with zero attached hydrogens (tertiary/aromatic N) is 3. The molecule has 0 spiro atoms. The number of nitrogens with one attached hydrogen (secondary N) is 1. The molecular formula is C21H24F4N6O2S. The average Bonchev–Trinajstić information content (AvgIpc) is 3.30. The number of anilines is 2. The number of aryl methyl sites for hydroxylation is 1. The highest BCUT2D eigenvalue weighted by Gasteiger charge is 2.35. The summed E-state index contributed by atoms with van der Waals surface area (Å²) < 4.78 is 61.4. The van der Waals surface area contributed by atoms with Crippen LogP contribution in [-0.2, 0) is 18.0 Å². The number of aliphatic hydroxyl groups excluding tert-OH is 1. The minimum absolute atomic E-state index is 0.0144. The first-order valence-corrected chi connectivity index (χ1v) is 11.3. The van der Waals surface area contributed by atoms with Gasteiger partial charge in [-0.3, -0.25) is 4.68 Å². The molecule has 3 heterocycles. The quantitative estimate of drug-likeness (QED) is 0.311. The smallest absolute Gasteiger partial charge is 0.389 e. The van der Waals surface area contributed by atoms with Crippen LogP contribution in [-0.4, -0.2) is 38.7 Å². The number of benzene rings is 1. The van der Waals surface area contributed by atoms with Crippen molar-refractivity contribution in [2.24, 2.45) is 12.8 Å². The van der Waals surface area contributed by atoms with E-state index in [1.165, 1.54) is 24.4 Å². The predicted molar refractivity (Wildman–Crippen MR) is 120 cm³/mol. The zero-order chi connectivity index (χ0) is 24.6. The van der Waals surface area contributed by atoms with Gasteiger partial charge < -0.3 is 26.6 Å². The van der Waals surface area contributed by atoms with Crippen LogP contribution in [0.1, 0.15) is 42.1 Å². The lowest BCUT2D eigenvalue weighted by Crippen LogP contribution is -2.32. The van der Waals surface area contributed by atoms with Gasteiger partial charge in [0.15, 0.2) is 6.23 Å². The first kappa shape index (κ1) is 24.4. The number of aromatic nitrogens is 3. The first-order valence-electron chi connectivity index (χ1n) is 10.5. The second-order valence-electron chi connectivity index (χ2n) is 8.00. The van der Waals surface area contributed by atoms with Crippen LogP contribution in [0.4, 0.5) is 28.3 Å². The summed E-state index contributed by atoms with van der Waals surface area (Å²) in [5.41, 5.74) is 11.8. The molecule has 0 bridgehead atoms. The summed E-state index contributed by atoms with van der Waals surface area (Å²) in [7, 11) is 1.68. The van der Waals surface area contributed by atoms with E-state index in [1.54, 1.807) is 11.7 Å². The Labute approximate surface area is 196 Å². The van der Waals surface area contributed by atoms with E-state index in [0.717, 1.165) is 17.4 Å². The topological polar surface area (TPSA) is 124 Å². The minimum atomic E-state index is -4.57. The maximum absolute atomic E-state index is 14.0. The minimum Gasteiger partial charge on any atom is -0.389 e. The Morgan fingerprint density at radius 3 is 2.76 bits per heavy atom. The number of hydrogen-bond acceptors (Lipinski definition) is 8. The fourth-order valence-corrected chi connectivity index (χ4v) is 4.78. The SMILES string of the molecule is Cn1ncc(NC(O)c2nc(-c3ccccc3C(F)(F)F)sc2N)c1[C@@H]1CC[C@@H](N)[C@H](F)CO1. The van der Waals surface area contributed by atoms with Gasteiger partial charge in [0.25, 0.3) is 0 Å². The Morgan fingerprint density at radius 2 is 2.03 bits per heavy atom. The normalized spacial score (nSPS) is 22.4. The van der Waals surface area contributed by atoms with Gasteiger partial charge in [-0.1, -0.05) is 29.5 Å². The zero-order valence-electron chi connectivity index (χ0n) is 18.1. The molecule has 3 aromatic rings. The Hall–Kier alpha value is -2.74. The van der Waals surface area contributed by atoms with Gasteiger partial charge in [0, 0.05) is 18.7 Å². The molecule has 0 saturated carbocycles. The van der Waals surface area contributed by atoms with Crippen LogP contribution < -0.4 is 16.8 Å². The van der Waals surface area contributed by atoms with E-state index in [-0.39, 0.29) is 27.9 Å². The maximum atomic E-state index is 14.0. The van der Waals surface area contributed by atoms with Crippen LogP contribution in [0.3, 0.4) is 0 Å². The van der Waals surface area contributed by atoms with Crippen molar-refractivity contribution in [2.75, 3.05) is 17.7 Å². The molecule has 4 atom stereocenters. The van der Waals surface area contributed by atoms with Crippen LogP contribution in [0.5, 0.6) is 0 Å². The number of alkyl halides is 4. The summed E-state index contributed by atoms with van der Waals surface area (Å²) in [6.45, 7) is -0.167. The fourth-order valence-electron chi connectivity index (χ4n) is 3.88. The Kier molecular flexibility index (Phi) is 6.80. The van der Waals surface area contributed by atoms with Gasteiger partial charge in [0.2, 0.25) is 0 Å². The van der Waals surface area contributed by atoms with Gasteiger partial charge in [-0.15, -0.1) is 0 Å². The molecule has 34 heavy (non-hydrogen) atoms. The van der Waals surface area contributed by atoms with Crippen LogP contribution in [0.2, 0.25) is 0 Å². The summed E-state index contributed by atoms with van der Waals surface area (Å²) in [6.07, 6.45) is -5.50. The number of hydrogen-bond donors (Lipinski definition) is 4. The number of rotatable bonds is 5.